The molecule has 0 bridgehead atoms. The van der Waals surface area contributed by atoms with E-state index in [-0.39, 0.29) is 6.03 Å². The largest absolute Gasteiger partial charge is 0.379 e. The first kappa shape index (κ1) is 17.9. The number of ether oxygens (including phenoxy) is 1. The van der Waals surface area contributed by atoms with Crippen molar-refractivity contribution in [3.63, 3.8) is 0 Å². The molecule has 0 aliphatic carbocycles. The van der Waals surface area contributed by atoms with Gasteiger partial charge in [0.2, 0.25) is 0 Å². The molecule has 1 unspecified atom stereocenters. The molecule has 2 aromatic rings. The average molecular weight is 363 g/mol. The Morgan fingerprint density at radius 3 is 3.08 bits per heavy atom. The van der Waals surface area contributed by atoms with Gasteiger partial charge in [0.05, 0.1) is 29.4 Å². The van der Waals surface area contributed by atoms with Crippen LogP contribution in [0.1, 0.15) is 0 Å². The summed E-state index contributed by atoms with van der Waals surface area (Å²) in [6.07, 6.45) is 1.69. The van der Waals surface area contributed by atoms with Crippen LogP contribution in [0.4, 0.5) is 10.5 Å². The molecule has 2 heterocycles. The summed E-state index contributed by atoms with van der Waals surface area (Å²) in [6, 6.07) is 7.19. The number of hydrogen-bond acceptors (Lipinski definition) is 4. The van der Waals surface area contributed by atoms with Crippen molar-refractivity contribution < 1.29 is 9.53 Å². The zero-order chi connectivity index (χ0) is 17.8. The summed E-state index contributed by atoms with van der Waals surface area (Å²) >= 11 is 6.20. The fourth-order valence-electron chi connectivity index (χ4n) is 3.13. The molecule has 1 aliphatic heterocycles. The van der Waals surface area contributed by atoms with Gasteiger partial charge in [-0.1, -0.05) is 11.6 Å². The molecule has 7 heteroatoms. The minimum absolute atomic E-state index is 0.123. The summed E-state index contributed by atoms with van der Waals surface area (Å²) in [5.41, 5.74) is 1.40. The lowest BCUT2D eigenvalue weighted by Crippen LogP contribution is -2.41. The van der Waals surface area contributed by atoms with Crippen LogP contribution in [0.3, 0.4) is 0 Å². The van der Waals surface area contributed by atoms with Gasteiger partial charge < -0.3 is 19.9 Å². The van der Waals surface area contributed by atoms with E-state index in [2.05, 4.69) is 15.2 Å². The topological polar surface area (TPSA) is 57.7 Å². The number of carbonyl (C=O) groups excluding carboxylic acids is 1. The van der Waals surface area contributed by atoms with Gasteiger partial charge in [-0.3, -0.25) is 4.98 Å². The number of aromatic nitrogens is 1. The van der Waals surface area contributed by atoms with Gasteiger partial charge in [-0.2, -0.15) is 0 Å². The summed E-state index contributed by atoms with van der Waals surface area (Å²) in [7, 11) is 4.06. The van der Waals surface area contributed by atoms with Crippen molar-refractivity contribution in [2.75, 3.05) is 52.3 Å². The standard InChI is InChI=1S/C18H23ClN4O2/c1-22(2)10-13-11-23(8-9-25-12-13)18(24)21-16-6-5-15(19)17-14(16)4-3-7-20-17/h3-7,13H,8-12H2,1-2H3,(H,21,24). The van der Waals surface area contributed by atoms with Crippen LogP contribution in [0.15, 0.2) is 30.5 Å². The predicted octanol–water partition coefficient (Wildman–Crippen LogP) is 2.93. The maximum absolute atomic E-state index is 12.8. The second-order valence-electron chi connectivity index (χ2n) is 6.57. The summed E-state index contributed by atoms with van der Waals surface area (Å²) < 4.78 is 5.65. The van der Waals surface area contributed by atoms with Crippen LogP contribution >= 0.6 is 11.6 Å². The first-order valence-corrected chi connectivity index (χ1v) is 8.74. The Balaban J connectivity index is 1.76. The number of urea groups is 1. The van der Waals surface area contributed by atoms with Gasteiger partial charge in [-0.15, -0.1) is 0 Å². The zero-order valence-electron chi connectivity index (χ0n) is 14.5. The fourth-order valence-corrected chi connectivity index (χ4v) is 3.35. The van der Waals surface area contributed by atoms with E-state index in [0.717, 1.165) is 11.9 Å². The van der Waals surface area contributed by atoms with Crippen molar-refractivity contribution in [1.29, 1.82) is 0 Å². The Morgan fingerprint density at radius 1 is 1.44 bits per heavy atom. The third kappa shape index (κ3) is 4.39. The summed E-state index contributed by atoms with van der Waals surface area (Å²) in [4.78, 5) is 21.0. The highest BCUT2D eigenvalue weighted by atomic mass is 35.5. The molecule has 1 fully saturated rings. The van der Waals surface area contributed by atoms with Crippen LogP contribution in [0.25, 0.3) is 10.9 Å². The molecule has 1 aliphatic rings. The Hall–Kier alpha value is -1.89. The Bertz CT molecular complexity index is 753. The molecule has 6 nitrogen and oxygen atoms in total. The van der Waals surface area contributed by atoms with E-state index < -0.39 is 0 Å². The number of benzene rings is 1. The highest BCUT2D eigenvalue weighted by Crippen LogP contribution is 2.28. The molecule has 0 radical (unpaired) electrons. The summed E-state index contributed by atoms with van der Waals surface area (Å²) in [6.45, 7) is 3.38. The number of fused-ring (bicyclic) bond motifs is 1. The minimum atomic E-state index is -0.123. The van der Waals surface area contributed by atoms with Crippen molar-refractivity contribution in [3.8, 4) is 0 Å². The third-order valence-corrected chi connectivity index (χ3v) is 4.52. The molecular weight excluding hydrogens is 340 g/mol. The van der Waals surface area contributed by atoms with Crippen molar-refractivity contribution in [2.45, 2.75) is 0 Å². The first-order valence-electron chi connectivity index (χ1n) is 8.36. The third-order valence-electron chi connectivity index (χ3n) is 4.21. The summed E-state index contributed by atoms with van der Waals surface area (Å²) in [5, 5.41) is 4.41. The van der Waals surface area contributed by atoms with E-state index in [0.29, 0.717) is 48.4 Å². The van der Waals surface area contributed by atoms with Crippen LogP contribution in [0.2, 0.25) is 5.02 Å². The number of amides is 2. The Morgan fingerprint density at radius 2 is 2.28 bits per heavy atom. The van der Waals surface area contributed by atoms with Gasteiger partial charge in [-0.05, 0) is 38.4 Å². The smallest absolute Gasteiger partial charge is 0.321 e. The number of pyridine rings is 1. The summed E-state index contributed by atoms with van der Waals surface area (Å²) in [5.74, 6) is 0.298. The number of hydrogen-bond donors (Lipinski definition) is 1. The lowest BCUT2D eigenvalue weighted by atomic mass is 10.1. The van der Waals surface area contributed by atoms with Gasteiger partial charge in [0.25, 0.3) is 0 Å². The van der Waals surface area contributed by atoms with Crippen LogP contribution in [-0.4, -0.2) is 67.8 Å². The second-order valence-corrected chi connectivity index (χ2v) is 6.98. The van der Waals surface area contributed by atoms with Crippen LogP contribution in [0.5, 0.6) is 0 Å². The fraction of sp³-hybridized carbons (Fsp3) is 0.444. The molecule has 1 atom stereocenters. The molecule has 0 saturated carbocycles. The number of nitrogens with zero attached hydrogens (tertiary/aromatic N) is 3. The molecule has 134 valence electrons. The van der Waals surface area contributed by atoms with E-state index in [1.807, 2.05) is 37.2 Å². The quantitative estimate of drug-likeness (QED) is 0.912. The van der Waals surface area contributed by atoms with Crippen LogP contribution in [-0.2, 0) is 4.74 Å². The lowest BCUT2D eigenvalue weighted by Gasteiger charge is -2.25. The van der Waals surface area contributed by atoms with Crippen molar-refractivity contribution >= 4 is 34.2 Å². The lowest BCUT2D eigenvalue weighted by molar-refractivity contribution is 0.112. The molecule has 1 aromatic carbocycles. The molecule has 0 spiro atoms. The van der Waals surface area contributed by atoms with Gasteiger partial charge in [-0.25, -0.2) is 4.79 Å². The molecule has 1 saturated heterocycles. The van der Waals surface area contributed by atoms with Gasteiger partial charge >= 0.3 is 6.03 Å². The number of nitrogens with one attached hydrogen (secondary N) is 1. The van der Waals surface area contributed by atoms with Crippen molar-refractivity contribution in [2.24, 2.45) is 5.92 Å². The minimum Gasteiger partial charge on any atom is -0.379 e. The van der Waals surface area contributed by atoms with Crippen LogP contribution < -0.4 is 5.32 Å². The zero-order valence-corrected chi connectivity index (χ0v) is 15.3. The molecule has 3 rings (SSSR count). The van der Waals surface area contributed by atoms with E-state index in [1.165, 1.54) is 0 Å². The highest BCUT2D eigenvalue weighted by Gasteiger charge is 2.23. The predicted molar refractivity (Wildman–Crippen MR) is 100 cm³/mol. The monoisotopic (exact) mass is 362 g/mol. The maximum atomic E-state index is 12.8. The van der Waals surface area contributed by atoms with Gasteiger partial charge in [0.1, 0.15) is 0 Å². The van der Waals surface area contributed by atoms with Crippen molar-refractivity contribution in [1.82, 2.24) is 14.8 Å². The van der Waals surface area contributed by atoms with E-state index >= 15 is 0 Å². The SMILES string of the molecule is CN(C)CC1COCCN(C(=O)Nc2ccc(Cl)c3ncccc23)C1. The molecular formula is C18H23ClN4O2. The second kappa shape index (κ2) is 7.99. The Labute approximate surface area is 152 Å². The van der Waals surface area contributed by atoms with E-state index in [9.17, 15) is 4.79 Å². The average Bonchev–Trinajstić information content (AvgIpc) is 2.82. The van der Waals surface area contributed by atoms with Gasteiger partial charge in [0, 0.05) is 37.1 Å². The molecule has 1 aromatic heterocycles. The number of carbonyl (C=O) groups is 1. The maximum Gasteiger partial charge on any atom is 0.321 e. The number of rotatable bonds is 3. The van der Waals surface area contributed by atoms with Gasteiger partial charge in [0.15, 0.2) is 0 Å². The number of anilines is 1. The highest BCUT2D eigenvalue weighted by molar-refractivity contribution is 6.35. The van der Waals surface area contributed by atoms with E-state index in [4.69, 9.17) is 16.3 Å². The molecule has 2 amide bonds. The molecule has 1 N–H and O–H groups in total. The molecule has 25 heavy (non-hydrogen) atoms. The Kier molecular flexibility index (Phi) is 5.73. The number of halogens is 1. The first-order chi connectivity index (χ1) is 12.0. The normalized spacial score (nSPS) is 18.4. The van der Waals surface area contributed by atoms with Crippen molar-refractivity contribution in [3.05, 3.63) is 35.5 Å². The van der Waals surface area contributed by atoms with Crippen LogP contribution in [0, 0.1) is 5.92 Å². The van der Waals surface area contributed by atoms with E-state index in [1.54, 1.807) is 12.3 Å².